The Morgan fingerprint density at radius 2 is 1.94 bits per heavy atom. The van der Waals surface area contributed by atoms with E-state index in [2.05, 4.69) is 27.1 Å². The molecule has 3 aromatic heterocycles. The van der Waals surface area contributed by atoms with E-state index in [-0.39, 0.29) is 23.3 Å². The zero-order valence-corrected chi connectivity index (χ0v) is 18.6. The van der Waals surface area contributed by atoms with Gasteiger partial charge in [0.15, 0.2) is 17.4 Å². The third-order valence-corrected chi connectivity index (χ3v) is 6.96. The van der Waals surface area contributed by atoms with Crippen LogP contribution in [0.15, 0.2) is 47.4 Å². The van der Waals surface area contributed by atoms with Gasteiger partial charge in [-0.1, -0.05) is 17.3 Å². The van der Waals surface area contributed by atoms with Crippen LogP contribution in [0, 0.1) is 17.6 Å². The molecule has 2 atom stereocenters. The maximum absolute atomic E-state index is 14.5. The first kappa shape index (κ1) is 21.0. The summed E-state index contributed by atoms with van der Waals surface area (Å²) in [7, 11) is 2.07. The molecule has 7 nitrogen and oxygen atoms in total. The van der Waals surface area contributed by atoms with Gasteiger partial charge in [-0.15, -0.1) is 0 Å². The number of rotatable bonds is 4. The van der Waals surface area contributed by atoms with Crippen LogP contribution in [0.3, 0.4) is 0 Å². The molecular weight excluding hydrogens is 440 g/mol. The van der Waals surface area contributed by atoms with Crippen molar-refractivity contribution in [3.63, 3.8) is 0 Å². The molecular formula is C25H23F2N5O2. The molecule has 1 saturated heterocycles. The van der Waals surface area contributed by atoms with E-state index in [1.165, 1.54) is 18.3 Å². The van der Waals surface area contributed by atoms with Crippen LogP contribution in [-0.2, 0) is 4.79 Å². The number of H-pyrrole nitrogens is 1. The van der Waals surface area contributed by atoms with Gasteiger partial charge in [0.2, 0.25) is 5.91 Å². The van der Waals surface area contributed by atoms with Gasteiger partial charge in [0.25, 0.3) is 0 Å². The minimum atomic E-state index is -0.950. The molecule has 1 N–H and O–H groups in total. The minimum absolute atomic E-state index is 0.0210. The van der Waals surface area contributed by atoms with Crippen molar-refractivity contribution >= 4 is 16.9 Å². The van der Waals surface area contributed by atoms with E-state index in [0.29, 0.717) is 22.5 Å². The number of hydrogen-bond acceptors (Lipinski definition) is 5. The Morgan fingerprint density at radius 3 is 2.76 bits per heavy atom. The standard InChI is InChI=1S/C25H23F2N5O2/c1-31-5-7-32(8-6-31)25(33)18-10-16(18)14-9-17-19(12-29-24(17)28-11-14)23-20(13-30-34-23)15-3-2-4-21(26)22(15)27/h2-4,9,11-13,16,18H,5-8,10H2,1H3,(H,28,29)/t16-,18+/m0/s1. The highest BCUT2D eigenvalue weighted by atomic mass is 19.2. The molecule has 0 radical (unpaired) electrons. The molecule has 4 aromatic rings. The number of amides is 1. The van der Waals surface area contributed by atoms with Crippen molar-refractivity contribution < 1.29 is 18.1 Å². The third-order valence-electron chi connectivity index (χ3n) is 6.96. The van der Waals surface area contributed by atoms with Crippen LogP contribution in [0.2, 0.25) is 0 Å². The lowest BCUT2D eigenvalue weighted by atomic mass is 10.0. The van der Waals surface area contributed by atoms with Gasteiger partial charge in [-0.05, 0) is 37.1 Å². The number of likely N-dealkylation sites (N-methyl/N-ethyl adjacent to an activating group) is 1. The van der Waals surface area contributed by atoms with Gasteiger partial charge >= 0.3 is 0 Å². The minimum Gasteiger partial charge on any atom is -0.356 e. The first-order valence-corrected chi connectivity index (χ1v) is 11.3. The SMILES string of the molecule is CN1CCN(C(=O)[C@@H]2C[C@H]2c2cnc3[nH]cc(-c4oncc4-c4cccc(F)c4F)c3c2)CC1. The number of aromatic nitrogens is 3. The predicted molar refractivity (Wildman–Crippen MR) is 122 cm³/mol. The highest BCUT2D eigenvalue weighted by molar-refractivity contribution is 5.96. The molecule has 2 aliphatic rings. The summed E-state index contributed by atoms with van der Waals surface area (Å²) in [4.78, 5) is 24.8. The maximum atomic E-state index is 14.5. The predicted octanol–water partition coefficient (Wildman–Crippen LogP) is 4.04. The number of benzene rings is 1. The molecule has 1 amide bonds. The van der Waals surface area contributed by atoms with E-state index in [0.717, 1.165) is 49.6 Å². The van der Waals surface area contributed by atoms with Gasteiger partial charge < -0.3 is 19.3 Å². The number of fused-ring (bicyclic) bond motifs is 1. The summed E-state index contributed by atoms with van der Waals surface area (Å²) in [5.41, 5.74) is 2.72. The van der Waals surface area contributed by atoms with Gasteiger partial charge in [0.1, 0.15) is 5.65 Å². The first-order valence-electron chi connectivity index (χ1n) is 11.3. The van der Waals surface area contributed by atoms with E-state index < -0.39 is 11.6 Å². The Kier molecular flexibility index (Phi) is 4.95. The van der Waals surface area contributed by atoms with Crippen molar-refractivity contribution in [2.45, 2.75) is 12.3 Å². The van der Waals surface area contributed by atoms with E-state index in [1.807, 2.05) is 11.0 Å². The lowest BCUT2D eigenvalue weighted by molar-refractivity contribution is -0.134. The van der Waals surface area contributed by atoms with Gasteiger partial charge in [-0.3, -0.25) is 4.79 Å². The quantitative estimate of drug-likeness (QED) is 0.494. The highest BCUT2D eigenvalue weighted by Gasteiger charge is 2.46. The van der Waals surface area contributed by atoms with Crippen LogP contribution >= 0.6 is 0 Å². The fourth-order valence-corrected chi connectivity index (χ4v) is 4.85. The average molecular weight is 463 g/mol. The monoisotopic (exact) mass is 463 g/mol. The molecule has 0 bridgehead atoms. The normalized spacial score (nSPS) is 20.7. The zero-order chi connectivity index (χ0) is 23.4. The lowest BCUT2D eigenvalue weighted by Gasteiger charge is -2.32. The number of carbonyl (C=O) groups excluding carboxylic acids is 1. The zero-order valence-electron chi connectivity index (χ0n) is 18.6. The van der Waals surface area contributed by atoms with E-state index >= 15 is 0 Å². The van der Waals surface area contributed by atoms with Crippen LogP contribution in [0.5, 0.6) is 0 Å². The Balaban J connectivity index is 1.31. The van der Waals surface area contributed by atoms with Crippen molar-refractivity contribution in [3.8, 4) is 22.5 Å². The van der Waals surface area contributed by atoms with Crippen LogP contribution in [-0.4, -0.2) is 64.1 Å². The van der Waals surface area contributed by atoms with Crippen molar-refractivity contribution in [2.24, 2.45) is 5.92 Å². The molecule has 1 aliphatic heterocycles. The smallest absolute Gasteiger partial charge is 0.226 e. The molecule has 1 aromatic carbocycles. The number of nitrogens with zero attached hydrogens (tertiary/aromatic N) is 4. The Morgan fingerprint density at radius 1 is 1.12 bits per heavy atom. The summed E-state index contributed by atoms with van der Waals surface area (Å²) in [6.07, 6.45) is 5.72. The van der Waals surface area contributed by atoms with Crippen molar-refractivity contribution in [3.05, 3.63) is 60.1 Å². The molecule has 174 valence electrons. The number of nitrogens with one attached hydrogen (secondary N) is 1. The second-order valence-corrected chi connectivity index (χ2v) is 9.11. The summed E-state index contributed by atoms with van der Waals surface area (Å²) in [5, 5.41) is 4.62. The molecule has 2 fully saturated rings. The molecule has 0 spiro atoms. The second kappa shape index (κ2) is 8.02. The number of aromatic amines is 1. The van der Waals surface area contributed by atoms with E-state index in [9.17, 15) is 13.6 Å². The van der Waals surface area contributed by atoms with Crippen LogP contribution in [0.1, 0.15) is 17.9 Å². The van der Waals surface area contributed by atoms with Gasteiger partial charge in [-0.25, -0.2) is 13.8 Å². The number of halogens is 2. The Hall–Kier alpha value is -3.59. The maximum Gasteiger partial charge on any atom is 0.226 e. The lowest BCUT2D eigenvalue weighted by Crippen LogP contribution is -2.47. The van der Waals surface area contributed by atoms with Crippen LogP contribution < -0.4 is 0 Å². The van der Waals surface area contributed by atoms with Crippen molar-refractivity contribution in [1.82, 2.24) is 24.9 Å². The summed E-state index contributed by atoms with van der Waals surface area (Å²) >= 11 is 0. The number of carbonyl (C=O) groups is 1. The molecule has 34 heavy (non-hydrogen) atoms. The Bertz CT molecular complexity index is 1390. The van der Waals surface area contributed by atoms with Gasteiger partial charge in [0, 0.05) is 61.0 Å². The van der Waals surface area contributed by atoms with Gasteiger partial charge in [0.05, 0.1) is 11.8 Å². The first-order chi connectivity index (χ1) is 16.5. The summed E-state index contributed by atoms with van der Waals surface area (Å²) in [6, 6.07) is 6.02. The molecule has 9 heteroatoms. The van der Waals surface area contributed by atoms with Crippen LogP contribution in [0.4, 0.5) is 8.78 Å². The number of hydrogen-bond donors (Lipinski definition) is 1. The molecule has 1 saturated carbocycles. The van der Waals surface area contributed by atoms with Crippen molar-refractivity contribution in [1.29, 1.82) is 0 Å². The Labute approximate surface area is 194 Å². The highest BCUT2D eigenvalue weighted by Crippen LogP contribution is 2.49. The largest absolute Gasteiger partial charge is 0.356 e. The molecule has 0 unspecified atom stereocenters. The van der Waals surface area contributed by atoms with E-state index in [4.69, 9.17) is 4.52 Å². The molecule has 6 rings (SSSR count). The van der Waals surface area contributed by atoms with Crippen molar-refractivity contribution in [2.75, 3.05) is 33.2 Å². The van der Waals surface area contributed by atoms with E-state index in [1.54, 1.807) is 12.4 Å². The molecule has 1 aliphatic carbocycles. The van der Waals surface area contributed by atoms with Gasteiger partial charge in [-0.2, -0.15) is 0 Å². The fourth-order valence-electron chi connectivity index (χ4n) is 4.85. The van der Waals surface area contributed by atoms with Crippen LogP contribution in [0.25, 0.3) is 33.5 Å². The third kappa shape index (κ3) is 3.47. The number of pyridine rings is 1. The summed E-state index contributed by atoms with van der Waals surface area (Å²) in [6.45, 7) is 3.33. The molecule has 4 heterocycles. The summed E-state index contributed by atoms with van der Waals surface area (Å²) < 4.78 is 33.8. The average Bonchev–Trinajstić information content (AvgIpc) is 3.31. The summed E-state index contributed by atoms with van der Waals surface area (Å²) in [5.74, 6) is -1.23. The fraction of sp³-hybridized carbons (Fsp3) is 0.320. The topological polar surface area (TPSA) is 78.3 Å². The second-order valence-electron chi connectivity index (χ2n) is 9.11. The number of piperazine rings is 1.